The Labute approximate surface area is 168 Å². The summed E-state index contributed by atoms with van der Waals surface area (Å²) in [4.78, 5) is 40.4. The van der Waals surface area contributed by atoms with E-state index in [0.717, 1.165) is 35.9 Å². The maximum Gasteiger partial charge on any atom is 0.294 e. The second-order valence-corrected chi connectivity index (χ2v) is 7.55. The molecule has 3 amide bonds. The molecule has 8 heteroatoms. The first kappa shape index (κ1) is 20.3. The van der Waals surface area contributed by atoms with Crippen molar-refractivity contribution >= 4 is 34.9 Å². The van der Waals surface area contributed by atoms with Crippen molar-refractivity contribution in [2.24, 2.45) is 0 Å². The van der Waals surface area contributed by atoms with Gasteiger partial charge in [0.05, 0.1) is 18.6 Å². The fourth-order valence-corrected chi connectivity index (χ4v) is 4.05. The Kier molecular flexibility index (Phi) is 6.61. The first-order valence-corrected chi connectivity index (χ1v) is 10.2. The van der Waals surface area contributed by atoms with E-state index in [-0.39, 0.29) is 12.5 Å². The van der Waals surface area contributed by atoms with Crippen molar-refractivity contribution in [1.29, 1.82) is 0 Å². The van der Waals surface area contributed by atoms with Crippen LogP contribution < -0.4 is 9.47 Å². The van der Waals surface area contributed by atoms with Crippen LogP contribution in [-0.2, 0) is 9.59 Å². The molecule has 1 aromatic rings. The first-order chi connectivity index (χ1) is 13.5. The van der Waals surface area contributed by atoms with Crippen LogP contribution in [0.3, 0.4) is 0 Å². The number of carbonyl (C=O) groups excluding carboxylic acids is 3. The average Bonchev–Trinajstić information content (AvgIpc) is 2.97. The highest BCUT2D eigenvalue weighted by Crippen LogP contribution is 2.34. The van der Waals surface area contributed by atoms with Gasteiger partial charge < -0.3 is 14.4 Å². The summed E-state index contributed by atoms with van der Waals surface area (Å²) in [6, 6.07) is 5.30. The zero-order valence-corrected chi connectivity index (χ0v) is 16.9. The van der Waals surface area contributed by atoms with Crippen molar-refractivity contribution in [2.45, 2.75) is 26.2 Å². The Morgan fingerprint density at radius 2 is 1.93 bits per heavy atom. The number of hydrogen-bond acceptors (Lipinski definition) is 6. The normalized spacial score (nSPS) is 18.7. The summed E-state index contributed by atoms with van der Waals surface area (Å²) >= 11 is 0.849. The molecule has 28 heavy (non-hydrogen) atoms. The number of benzene rings is 1. The molecule has 0 spiro atoms. The van der Waals surface area contributed by atoms with Crippen LogP contribution >= 0.6 is 11.8 Å². The van der Waals surface area contributed by atoms with E-state index in [9.17, 15) is 14.4 Å². The van der Waals surface area contributed by atoms with Crippen LogP contribution in [0, 0.1) is 0 Å². The van der Waals surface area contributed by atoms with Crippen LogP contribution in [-0.4, -0.2) is 60.2 Å². The van der Waals surface area contributed by atoms with Crippen molar-refractivity contribution in [3.8, 4) is 11.5 Å². The van der Waals surface area contributed by atoms with E-state index in [2.05, 4.69) is 0 Å². The topological polar surface area (TPSA) is 76.2 Å². The summed E-state index contributed by atoms with van der Waals surface area (Å²) in [5.41, 5.74) is 0.716. The summed E-state index contributed by atoms with van der Waals surface area (Å²) in [5.74, 6) is 0.552. The predicted molar refractivity (Wildman–Crippen MR) is 107 cm³/mol. The lowest BCUT2D eigenvalue weighted by Crippen LogP contribution is -2.44. The number of ether oxygens (including phenoxy) is 2. The molecule has 2 aliphatic rings. The van der Waals surface area contributed by atoms with Crippen LogP contribution in [0.1, 0.15) is 31.7 Å². The minimum absolute atomic E-state index is 0.175. The van der Waals surface area contributed by atoms with E-state index in [0.29, 0.717) is 41.7 Å². The van der Waals surface area contributed by atoms with Gasteiger partial charge in [0.1, 0.15) is 6.54 Å². The number of likely N-dealkylation sites (tertiary alicyclic amines) is 1. The maximum absolute atomic E-state index is 12.7. The second kappa shape index (κ2) is 9.14. The van der Waals surface area contributed by atoms with Gasteiger partial charge in [0.25, 0.3) is 11.1 Å². The smallest absolute Gasteiger partial charge is 0.294 e. The lowest BCUT2D eigenvalue weighted by Gasteiger charge is -2.27. The summed E-state index contributed by atoms with van der Waals surface area (Å²) in [7, 11) is 1.54. The molecule has 1 aromatic carbocycles. The number of methoxy groups -OCH3 is 1. The van der Waals surface area contributed by atoms with Gasteiger partial charge in [0, 0.05) is 13.1 Å². The van der Waals surface area contributed by atoms with E-state index < -0.39 is 11.1 Å². The van der Waals surface area contributed by atoms with Gasteiger partial charge in [0.15, 0.2) is 11.5 Å². The quantitative estimate of drug-likeness (QED) is 0.678. The number of piperidine rings is 1. The molecule has 2 fully saturated rings. The highest BCUT2D eigenvalue weighted by atomic mass is 32.2. The van der Waals surface area contributed by atoms with E-state index in [4.69, 9.17) is 9.47 Å². The lowest BCUT2D eigenvalue weighted by molar-refractivity contribution is -0.136. The molecule has 0 bridgehead atoms. The average molecular weight is 404 g/mol. The van der Waals surface area contributed by atoms with Crippen LogP contribution in [0.15, 0.2) is 23.1 Å². The molecule has 2 saturated heterocycles. The van der Waals surface area contributed by atoms with Gasteiger partial charge >= 0.3 is 0 Å². The highest BCUT2D eigenvalue weighted by molar-refractivity contribution is 8.18. The minimum Gasteiger partial charge on any atom is -0.493 e. The molecular formula is C20H24N2O5S. The third-order valence-corrected chi connectivity index (χ3v) is 5.57. The molecule has 0 aliphatic carbocycles. The molecular weight excluding hydrogens is 380 g/mol. The van der Waals surface area contributed by atoms with E-state index in [1.54, 1.807) is 36.3 Å². The fourth-order valence-electron chi connectivity index (χ4n) is 3.21. The Morgan fingerprint density at radius 3 is 2.61 bits per heavy atom. The van der Waals surface area contributed by atoms with E-state index in [1.807, 2.05) is 6.92 Å². The van der Waals surface area contributed by atoms with Crippen molar-refractivity contribution in [3.63, 3.8) is 0 Å². The van der Waals surface area contributed by atoms with Gasteiger partial charge in [-0.15, -0.1) is 0 Å². The molecule has 150 valence electrons. The van der Waals surface area contributed by atoms with Gasteiger partial charge in [-0.05, 0) is 61.7 Å². The number of amides is 3. The molecule has 0 aromatic heterocycles. The largest absolute Gasteiger partial charge is 0.493 e. The second-order valence-electron chi connectivity index (χ2n) is 6.55. The molecule has 0 atom stereocenters. The number of imide groups is 1. The van der Waals surface area contributed by atoms with Gasteiger partial charge in [-0.2, -0.15) is 0 Å². The fraction of sp³-hybridized carbons (Fsp3) is 0.450. The third-order valence-electron chi connectivity index (χ3n) is 4.66. The summed E-state index contributed by atoms with van der Waals surface area (Å²) < 4.78 is 10.8. The molecule has 0 N–H and O–H groups in total. The van der Waals surface area contributed by atoms with Crippen molar-refractivity contribution in [2.75, 3.05) is 33.4 Å². The maximum atomic E-state index is 12.7. The first-order valence-electron chi connectivity index (χ1n) is 9.37. The van der Waals surface area contributed by atoms with Gasteiger partial charge in [-0.1, -0.05) is 6.07 Å². The monoisotopic (exact) mass is 404 g/mol. The van der Waals surface area contributed by atoms with E-state index >= 15 is 0 Å². The summed E-state index contributed by atoms with van der Waals surface area (Å²) in [6.07, 6.45) is 4.67. The highest BCUT2D eigenvalue weighted by Gasteiger charge is 2.37. The van der Waals surface area contributed by atoms with Crippen LogP contribution in [0.5, 0.6) is 11.5 Å². The molecule has 3 rings (SSSR count). The van der Waals surface area contributed by atoms with Crippen molar-refractivity contribution in [1.82, 2.24) is 9.80 Å². The lowest BCUT2D eigenvalue weighted by atomic mass is 10.1. The van der Waals surface area contributed by atoms with E-state index in [1.165, 1.54) is 0 Å². The number of rotatable bonds is 6. The summed E-state index contributed by atoms with van der Waals surface area (Å²) in [6.45, 7) is 3.58. The molecule has 0 unspecified atom stereocenters. The predicted octanol–water partition coefficient (Wildman–Crippen LogP) is 3.14. The number of nitrogens with zero attached hydrogens (tertiary/aromatic N) is 2. The molecule has 0 radical (unpaired) electrons. The zero-order chi connectivity index (χ0) is 20.1. The molecule has 2 heterocycles. The Bertz CT molecular complexity index is 802. The zero-order valence-electron chi connectivity index (χ0n) is 16.1. The van der Waals surface area contributed by atoms with Crippen LogP contribution in [0.2, 0.25) is 0 Å². The third kappa shape index (κ3) is 4.49. The van der Waals surface area contributed by atoms with Crippen LogP contribution in [0.25, 0.3) is 6.08 Å². The molecule has 7 nitrogen and oxygen atoms in total. The SMILES string of the molecule is CCOc1ccc(/C=C2\SC(=O)N(CC(=O)N3CCCCC3)C2=O)cc1OC. The molecule has 2 aliphatic heterocycles. The van der Waals surface area contributed by atoms with Crippen LogP contribution in [0.4, 0.5) is 4.79 Å². The Morgan fingerprint density at radius 1 is 1.18 bits per heavy atom. The Balaban J connectivity index is 1.72. The number of thioether (sulfide) groups is 1. The number of hydrogen-bond donors (Lipinski definition) is 0. The van der Waals surface area contributed by atoms with Gasteiger partial charge in [0.2, 0.25) is 5.91 Å². The summed E-state index contributed by atoms with van der Waals surface area (Å²) in [5, 5.41) is -0.417. The minimum atomic E-state index is -0.437. The van der Waals surface area contributed by atoms with Gasteiger partial charge in [-0.3, -0.25) is 19.3 Å². The Hall–Kier alpha value is -2.48. The number of carbonyl (C=O) groups is 3. The van der Waals surface area contributed by atoms with Crippen molar-refractivity contribution in [3.05, 3.63) is 28.7 Å². The molecule has 0 saturated carbocycles. The van der Waals surface area contributed by atoms with Crippen molar-refractivity contribution < 1.29 is 23.9 Å². The standard InChI is InChI=1S/C20H24N2O5S/c1-3-27-15-8-7-14(11-16(15)26-2)12-17-19(24)22(20(25)28-17)13-18(23)21-9-5-4-6-10-21/h7-8,11-12H,3-6,9-10,13H2,1-2H3/b17-12-. The van der Waals surface area contributed by atoms with Gasteiger partial charge in [-0.25, -0.2) is 0 Å².